The third kappa shape index (κ3) is 6.83. The van der Waals surface area contributed by atoms with Crippen molar-refractivity contribution in [2.45, 2.75) is 39.7 Å². The largest absolute Gasteiger partial charge is 0.497 e. The van der Waals surface area contributed by atoms with Crippen molar-refractivity contribution >= 4 is 17.6 Å². The summed E-state index contributed by atoms with van der Waals surface area (Å²) in [6, 6.07) is 10.9. The van der Waals surface area contributed by atoms with Crippen LogP contribution in [0.3, 0.4) is 0 Å². The van der Waals surface area contributed by atoms with Gasteiger partial charge in [-0.3, -0.25) is 4.79 Å². The number of benzene rings is 1. The van der Waals surface area contributed by atoms with Gasteiger partial charge in [-0.1, -0.05) is 26.3 Å². The summed E-state index contributed by atoms with van der Waals surface area (Å²) in [7, 11) is 3.56. The molecule has 164 valence electrons. The van der Waals surface area contributed by atoms with Crippen LogP contribution < -0.4 is 10.1 Å². The summed E-state index contributed by atoms with van der Waals surface area (Å²) in [6.07, 6.45) is 4.68. The Kier molecular flexibility index (Phi) is 9.25. The van der Waals surface area contributed by atoms with Crippen molar-refractivity contribution in [2.75, 3.05) is 32.1 Å². The minimum absolute atomic E-state index is 0.0427. The maximum Gasteiger partial charge on any atom is 0.322 e. The number of rotatable bonds is 11. The van der Waals surface area contributed by atoms with E-state index < -0.39 is 0 Å². The van der Waals surface area contributed by atoms with Gasteiger partial charge < -0.3 is 24.4 Å². The predicted molar refractivity (Wildman–Crippen MR) is 120 cm³/mol. The van der Waals surface area contributed by atoms with Gasteiger partial charge in [-0.05, 0) is 37.1 Å². The number of nitrogens with one attached hydrogen (secondary N) is 1. The topological polar surface area (TPSA) is 66.8 Å². The first-order chi connectivity index (χ1) is 14.5. The third-order valence-electron chi connectivity index (χ3n) is 4.97. The van der Waals surface area contributed by atoms with Gasteiger partial charge in [-0.15, -0.1) is 0 Å². The zero-order chi connectivity index (χ0) is 21.9. The number of urea groups is 1. The van der Waals surface area contributed by atoms with E-state index in [1.165, 1.54) is 0 Å². The highest BCUT2D eigenvalue weighted by atomic mass is 16.5. The minimum Gasteiger partial charge on any atom is -0.497 e. The third-order valence-corrected chi connectivity index (χ3v) is 4.97. The molecule has 1 N–H and O–H groups in total. The molecule has 1 heterocycles. The summed E-state index contributed by atoms with van der Waals surface area (Å²) in [5, 5.41) is 2.88. The molecule has 7 heteroatoms. The van der Waals surface area contributed by atoms with E-state index in [-0.39, 0.29) is 18.5 Å². The number of carbonyl (C=O) groups excluding carboxylic acids is 2. The molecule has 1 aromatic carbocycles. The van der Waals surface area contributed by atoms with Crippen LogP contribution in [0.2, 0.25) is 0 Å². The van der Waals surface area contributed by atoms with E-state index in [0.717, 1.165) is 25.0 Å². The molecule has 7 nitrogen and oxygen atoms in total. The standard InChI is InChI=1S/C23H34N4O3/c1-5-7-15-26(17-20-11-9-14-25(20)3)22(28)18-27(13-6-2)23(29)24-19-10-8-12-21(16-19)30-4/h8-12,14,16H,5-7,13,15,17-18H2,1-4H3,(H,24,29). The van der Waals surface area contributed by atoms with E-state index in [9.17, 15) is 9.59 Å². The molecule has 2 aromatic rings. The van der Waals surface area contributed by atoms with Gasteiger partial charge in [0, 0.05) is 43.8 Å². The van der Waals surface area contributed by atoms with Crippen LogP contribution in [0.25, 0.3) is 0 Å². The Balaban J connectivity index is 2.07. The molecule has 2 rings (SSSR count). The number of methoxy groups -OCH3 is 1. The zero-order valence-corrected chi connectivity index (χ0v) is 18.6. The molecule has 0 fully saturated rings. The summed E-state index contributed by atoms with van der Waals surface area (Å²) in [6.45, 7) is 5.88. The van der Waals surface area contributed by atoms with Gasteiger partial charge in [0.2, 0.25) is 5.91 Å². The number of aryl methyl sites for hydroxylation is 1. The first-order valence-corrected chi connectivity index (χ1v) is 10.6. The molecule has 0 spiro atoms. The Labute approximate surface area is 179 Å². The quantitative estimate of drug-likeness (QED) is 0.602. The summed E-state index contributed by atoms with van der Waals surface area (Å²) >= 11 is 0. The summed E-state index contributed by atoms with van der Waals surface area (Å²) in [4.78, 5) is 29.4. The first kappa shape index (κ1) is 23.3. The van der Waals surface area contributed by atoms with E-state index in [1.807, 2.05) is 53.9 Å². The zero-order valence-electron chi connectivity index (χ0n) is 18.6. The van der Waals surface area contributed by atoms with Crippen LogP contribution in [0.5, 0.6) is 5.75 Å². The molecule has 0 atom stereocenters. The highest BCUT2D eigenvalue weighted by molar-refractivity contribution is 5.92. The lowest BCUT2D eigenvalue weighted by molar-refractivity contribution is -0.132. The lowest BCUT2D eigenvalue weighted by Gasteiger charge is -2.28. The van der Waals surface area contributed by atoms with Crippen molar-refractivity contribution in [1.29, 1.82) is 0 Å². The van der Waals surface area contributed by atoms with Crippen LogP contribution in [-0.4, -0.2) is 53.0 Å². The fourth-order valence-corrected chi connectivity index (χ4v) is 3.19. The Morgan fingerprint density at radius 3 is 2.50 bits per heavy atom. The number of ether oxygens (including phenoxy) is 1. The molecule has 0 radical (unpaired) electrons. The number of anilines is 1. The Morgan fingerprint density at radius 2 is 1.87 bits per heavy atom. The van der Waals surface area contributed by atoms with Crippen molar-refractivity contribution in [2.24, 2.45) is 7.05 Å². The average Bonchev–Trinajstić information content (AvgIpc) is 3.15. The second kappa shape index (κ2) is 11.9. The van der Waals surface area contributed by atoms with Crippen LogP contribution in [0, 0.1) is 0 Å². The molecule has 0 unspecified atom stereocenters. The van der Waals surface area contributed by atoms with Crippen molar-refractivity contribution in [3.63, 3.8) is 0 Å². The van der Waals surface area contributed by atoms with Gasteiger partial charge in [-0.2, -0.15) is 0 Å². The number of amides is 3. The van der Waals surface area contributed by atoms with Gasteiger partial charge >= 0.3 is 6.03 Å². The molecular weight excluding hydrogens is 380 g/mol. The number of hydrogen-bond donors (Lipinski definition) is 1. The summed E-state index contributed by atoms with van der Waals surface area (Å²) in [5.41, 5.74) is 1.71. The van der Waals surface area contributed by atoms with E-state index in [4.69, 9.17) is 4.74 Å². The Hall–Kier alpha value is -2.96. The van der Waals surface area contributed by atoms with E-state index >= 15 is 0 Å². The van der Waals surface area contributed by atoms with Gasteiger partial charge in [0.05, 0.1) is 13.7 Å². The number of unbranched alkanes of at least 4 members (excludes halogenated alkanes) is 1. The van der Waals surface area contributed by atoms with Gasteiger partial charge in [0.1, 0.15) is 12.3 Å². The highest BCUT2D eigenvalue weighted by Gasteiger charge is 2.21. The molecule has 0 bridgehead atoms. The molecule has 0 saturated carbocycles. The normalized spacial score (nSPS) is 10.5. The number of aromatic nitrogens is 1. The molecule has 0 saturated heterocycles. The predicted octanol–water partition coefficient (Wildman–Crippen LogP) is 4.11. The molecule has 0 aliphatic rings. The number of nitrogens with zero attached hydrogens (tertiary/aromatic N) is 3. The van der Waals surface area contributed by atoms with Crippen molar-refractivity contribution in [3.05, 3.63) is 48.3 Å². The van der Waals surface area contributed by atoms with Crippen molar-refractivity contribution in [1.82, 2.24) is 14.4 Å². The average molecular weight is 415 g/mol. The maximum absolute atomic E-state index is 13.1. The van der Waals surface area contributed by atoms with E-state index in [1.54, 1.807) is 24.1 Å². The molecule has 30 heavy (non-hydrogen) atoms. The molecule has 0 aliphatic carbocycles. The second-order valence-corrected chi connectivity index (χ2v) is 7.36. The Bertz CT molecular complexity index is 818. The molecule has 0 aliphatic heterocycles. The number of carbonyl (C=O) groups is 2. The SMILES string of the molecule is CCCCN(Cc1cccn1C)C(=O)CN(CCC)C(=O)Nc1cccc(OC)c1. The van der Waals surface area contributed by atoms with Crippen LogP contribution >= 0.6 is 0 Å². The lowest BCUT2D eigenvalue weighted by atomic mass is 10.2. The Morgan fingerprint density at radius 1 is 1.07 bits per heavy atom. The summed E-state index contributed by atoms with van der Waals surface area (Å²) in [5.74, 6) is 0.623. The smallest absolute Gasteiger partial charge is 0.322 e. The van der Waals surface area contributed by atoms with Gasteiger partial charge in [0.15, 0.2) is 0 Å². The van der Waals surface area contributed by atoms with Crippen LogP contribution in [0.4, 0.5) is 10.5 Å². The van der Waals surface area contributed by atoms with Crippen LogP contribution in [0.1, 0.15) is 38.8 Å². The van der Waals surface area contributed by atoms with Gasteiger partial charge in [-0.25, -0.2) is 4.79 Å². The van der Waals surface area contributed by atoms with Crippen LogP contribution in [0.15, 0.2) is 42.6 Å². The van der Waals surface area contributed by atoms with Crippen molar-refractivity contribution in [3.8, 4) is 5.75 Å². The fourth-order valence-electron chi connectivity index (χ4n) is 3.19. The molecular formula is C23H34N4O3. The van der Waals surface area contributed by atoms with Gasteiger partial charge in [0.25, 0.3) is 0 Å². The maximum atomic E-state index is 13.1. The fraction of sp³-hybridized carbons (Fsp3) is 0.478. The lowest BCUT2D eigenvalue weighted by Crippen LogP contribution is -2.45. The number of hydrogen-bond acceptors (Lipinski definition) is 3. The monoisotopic (exact) mass is 414 g/mol. The molecule has 3 amide bonds. The van der Waals surface area contributed by atoms with Crippen LogP contribution in [-0.2, 0) is 18.4 Å². The second-order valence-electron chi connectivity index (χ2n) is 7.36. The van der Waals surface area contributed by atoms with Crippen molar-refractivity contribution < 1.29 is 14.3 Å². The minimum atomic E-state index is -0.284. The highest BCUT2D eigenvalue weighted by Crippen LogP contribution is 2.17. The van der Waals surface area contributed by atoms with E-state index in [0.29, 0.717) is 31.1 Å². The molecule has 1 aromatic heterocycles. The first-order valence-electron chi connectivity index (χ1n) is 10.6. The van der Waals surface area contributed by atoms with E-state index in [2.05, 4.69) is 12.2 Å². The summed E-state index contributed by atoms with van der Waals surface area (Å²) < 4.78 is 7.23.